The maximum absolute atomic E-state index is 13.8. The van der Waals surface area contributed by atoms with E-state index in [1.54, 1.807) is 24.3 Å². The van der Waals surface area contributed by atoms with Crippen LogP contribution in [0.15, 0.2) is 72.8 Å². The topological polar surface area (TPSA) is 98.9 Å². The zero-order chi connectivity index (χ0) is 25.8. The summed E-state index contributed by atoms with van der Waals surface area (Å²) in [5.74, 6) is 0.711. The quantitative estimate of drug-likeness (QED) is 0.294. The summed E-state index contributed by atoms with van der Waals surface area (Å²) in [4.78, 5) is 17.0. The minimum absolute atomic E-state index is 0.0981. The van der Waals surface area contributed by atoms with E-state index in [1.165, 1.54) is 36.7 Å². The molecule has 192 valence electrons. The van der Waals surface area contributed by atoms with Crippen molar-refractivity contribution in [2.24, 2.45) is 5.14 Å². The van der Waals surface area contributed by atoms with Gasteiger partial charge in [0.25, 0.3) is 0 Å². The molecular formula is C28H28N2O5S2. The zero-order valence-electron chi connectivity index (χ0n) is 20.3. The largest absolute Gasteiger partial charge is 0.492 e. The molecule has 4 aromatic rings. The summed E-state index contributed by atoms with van der Waals surface area (Å²) >= 11 is 1.40. The van der Waals surface area contributed by atoms with E-state index >= 15 is 0 Å². The lowest BCUT2D eigenvalue weighted by molar-refractivity contribution is 0.104. The van der Waals surface area contributed by atoms with Crippen molar-refractivity contribution < 1.29 is 22.1 Å². The minimum Gasteiger partial charge on any atom is -0.492 e. The molecule has 0 atom stereocenters. The van der Waals surface area contributed by atoms with Gasteiger partial charge in [0.05, 0.1) is 0 Å². The third kappa shape index (κ3) is 6.19. The fourth-order valence-corrected chi connectivity index (χ4v) is 6.21. The van der Waals surface area contributed by atoms with Crippen molar-refractivity contribution in [1.29, 1.82) is 0 Å². The van der Waals surface area contributed by atoms with Crippen molar-refractivity contribution in [3.05, 3.63) is 83.9 Å². The number of carbonyl (C=O) groups excluding carboxylic acids is 1. The number of thiophene rings is 1. The van der Waals surface area contributed by atoms with E-state index in [0.29, 0.717) is 17.7 Å². The van der Waals surface area contributed by atoms with Crippen LogP contribution in [0.3, 0.4) is 0 Å². The number of rotatable bonds is 9. The highest BCUT2D eigenvalue weighted by atomic mass is 32.2. The molecule has 0 aliphatic carbocycles. The summed E-state index contributed by atoms with van der Waals surface area (Å²) in [5.41, 5.74) is 2.01. The van der Waals surface area contributed by atoms with E-state index in [9.17, 15) is 13.2 Å². The van der Waals surface area contributed by atoms with Crippen LogP contribution in [0.25, 0.3) is 20.5 Å². The second-order valence-corrected chi connectivity index (χ2v) is 11.2. The second-order valence-electron chi connectivity index (χ2n) is 9.01. The van der Waals surface area contributed by atoms with Crippen LogP contribution in [0, 0.1) is 0 Å². The third-order valence-electron chi connectivity index (χ3n) is 6.38. The van der Waals surface area contributed by atoms with E-state index < -0.39 is 10.3 Å². The van der Waals surface area contributed by atoms with Gasteiger partial charge in [-0.15, -0.1) is 11.3 Å². The number of ether oxygens (including phenoxy) is 1. The lowest BCUT2D eigenvalue weighted by Crippen LogP contribution is -2.33. The van der Waals surface area contributed by atoms with Gasteiger partial charge in [-0.1, -0.05) is 36.8 Å². The molecule has 0 bridgehead atoms. The Morgan fingerprint density at radius 3 is 2.32 bits per heavy atom. The summed E-state index contributed by atoms with van der Waals surface area (Å²) in [6, 6.07) is 21.7. The molecule has 0 amide bonds. The number of benzene rings is 3. The molecule has 3 aromatic carbocycles. The van der Waals surface area contributed by atoms with Gasteiger partial charge in [0, 0.05) is 32.6 Å². The second kappa shape index (κ2) is 11.0. The van der Waals surface area contributed by atoms with Gasteiger partial charge in [0.1, 0.15) is 18.1 Å². The maximum atomic E-state index is 13.8. The first kappa shape index (κ1) is 25.4. The minimum atomic E-state index is -4.15. The molecule has 1 saturated heterocycles. The fraction of sp³-hybridized carbons (Fsp3) is 0.250. The molecule has 0 unspecified atom stereocenters. The zero-order valence-corrected chi connectivity index (χ0v) is 21.9. The van der Waals surface area contributed by atoms with Crippen molar-refractivity contribution in [1.82, 2.24) is 4.90 Å². The highest BCUT2D eigenvalue weighted by Crippen LogP contribution is 2.41. The lowest BCUT2D eigenvalue weighted by Gasteiger charge is -2.26. The number of carbonyl (C=O) groups is 1. The predicted molar refractivity (Wildman–Crippen MR) is 147 cm³/mol. The van der Waals surface area contributed by atoms with E-state index in [-0.39, 0.29) is 11.5 Å². The number of hydrogen-bond acceptors (Lipinski definition) is 7. The fourth-order valence-electron chi connectivity index (χ4n) is 4.60. The molecule has 2 heterocycles. The molecule has 0 radical (unpaired) electrons. The Bertz CT molecular complexity index is 1490. The molecule has 1 aliphatic rings. The van der Waals surface area contributed by atoms with Gasteiger partial charge in [-0.05, 0) is 74.0 Å². The van der Waals surface area contributed by atoms with Gasteiger partial charge in [-0.3, -0.25) is 9.69 Å². The molecule has 7 nitrogen and oxygen atoms in total. The molecule has 9 heteroatoms. The van der Waals surface area contributed by atoms with Gasteiger partial charge < -0.3 is 8.92 Å². The van der Waals surface area contributed by atoms with Crippen LogP contribution in [0.2, 0.25) is 0 Å². The maximum Gasteiger partial charge on any atom is 0.380 e. The van der Waals surface area contributed by atoms with Crippen LogP contribution < -0.4 is 14.1 Å². The first-order chi connectivity index (χ1) is 17.9. The van der Waals surface area contributed by atoms with Crippen LogP contribution in [-0.2, 0) is 10.3 Å². The Kier molecular flexibility index (Phi) is 7.57. The Morgan fingerprint density at radius 2 is 1.62 bits per heavy atom. The van der Waals surface area contributed by atoms with Crippen LogP contribution in [-0.4, -0.2) is 45.3 Å². The summed E-state index contributed by atoms with van der Waals surface area (Å²) in [5, 5.41) is 5.75. The molecule has 1 aromatic heterocycles. The summed E-state index contributed by atoms with van der Waals surface area (Å²) in [6.07, 6.45) is 3.81. The van der Waals surface area contributed by atoms with E-state index in [2.05, 4.69) is 4.90 Å². The monoisotopic (exact) mass is 536 g/mol. The molecule has 1 fully saturated rings. The van der Waals surface area contributed by atoms with Crippen LogP contribution in [0.1, 0.15) is 35.2 Å². The average Bonchev–Trinajstić information content (AvgIpc) is 3.28. The Morgan fingerprint density at radius 1 is 0.919 bits per heavy atom. The molecule has 1 aliphatic heterocycles. The number of nitrogens with zero attached hydrogens (tertiary/aromatic N) is 1. The first-order valence-electron chi connectivity index (χ1n) is 12.2. The van der Waals surface area contributed by atoms with Gasteiger partial charge in [0.15, 0.2) is 5.78 Å². The van der Waals surface area contributed by atoms with Crippen molar-refractivity contribution >= 4 is 37.5 Å². The number of nitrogens with two attached hydrogens (primary N) is 1. The Hall–Kier alpha value is -3.24. The van der Waals surface area contributed by atoms with Gasteiger partial charge >= 0.3 is 10.3 Å². The SMILES string of the molecule is NS(=O)(=O)Oc1ccc2c(C(=O)c3ccc(OCCN4CCCCC4)cc3)c(-c3ccccc3)sc2c1. The summed E-state index contributed by atoms with van der Waals surface area (Å²) < 4.78 is 34.3. The Balaban J connectivity index is 1.41. The van der Waals surface area contributed by atoms with Crippen molar-refractivity contribution in [3.8, 4) is 21.9 Å². The first-order valence-corrected chi connectivity index (χ1v) is 14.5. The smallest absolute Gasteiger partial charge is 0.380 e. The number of hydrogen-bond donors (Lipinski definition) is 1. The normalized spacial score (nSPS) is 14.5. The van der Waals surface area contributed by atoms with Gasteiger partial charge in [-0.2, -0.15) is 13.6 Å². The highest BCUT2D eigenvalue weighted by Gasteiger charge is 2.22. The van der Waals surface area contributed by atoms with Crippen molar-refractivity contribution in [3.63, 3.8) is 0 Å². The van der Waals surface area contributed by atoms with Crippen LogP contribution >= 0.6 is 11.3 Å². The Labute approximate surface area is 220 Å². The molecule has 5 rings (SSSR count). The molecule has 2 N–H and O–H groups in total. The summed E-state index contributed by atoms with van der Waals surface area (Å²) in [6.45, 7) is 3.78. The third-order valence-corrected chi connectivity index (χ3v) is 8.00. The summed E-state index contributed by atoms with van der Waals surface area (Å²) in [7, 11) is -4.15. The molecular weight excluding hydrogens is 508 g/mol. The molecule has 0 spiro atoms. The molecule has 37 heavy (non-hydrogen) atoms. The van der Waals surface area contributed by atoms with Gasteiger partial charge in [0.2, 0.25) is 0 Å². The van der Waals surface area contributed by atoms with Crippen LogP contribution in [0.4, 0.5) is 0 Å². The van der Waals surface area contributed by atoms with Crippen molar-refractivity contribution in [2.45, 2.75) is 19.3 Å². The number of fused-ring (bicyclic) bond motifs is 1. The van der Waals surface area contributed by atoms with Gasteiger partial charge in [-0.25, -0.2) is 0 Å². The number of ketones is 1. The average molecular weight is 537 g/mol. The highest BCUT2D eigenvalue weighted by molar-refractivity contribution is 7.84. The van der Waals surface area contributed by atoms with Crippen LogP contribution in [0.5, 0.6) is 11.5 Å². The number of likely N-dealkylation sites (tertiary alicyclic amines) is 1. The lowest BCUT2D eigenvalue weighted by atomic mass is 9.97. The number of piperidine rings is 1. The van der Waals surface area contributed by atoms with Crippen molar-refractivity contribution in [2.75, 3.05) is 26.2 Å². The van der Waals surface area contributed by atoms with E-state index in [0.717, 1.165) is 45.9 Å². The standard InChI is InChI=1S/C28H28N2O5S2/c29-37(32,33)35-23-13-14-24-25(19-23)36-28(21-7-3-1-4-8-21)26(24)27(31)20-9-11-22(12-10-20)34-18-17-30-15-5-2-6-16-30/h1,3-4,7-14,19H,2,5-6,15-18H2,(H2,29,32,33). The molecule has 0 saturated carbocycles. The van der Waals surface area contributed by atoms with E-state index in [1.807, 2.05) is 42.5 Å². The predicted octanol–water partition coefficient (Wildman–Crippen LogP) is 5.25. The van der Waals surface area contributed by atoms with E-state index in [4.69, 9.17) is 14.1 Å².